The van der Waals surface area contributed by atoms with Gasteiger partial charge in [0.25, 0.3) is 0 Å². The van der Waals surface area contributed by atoms with Gasteiger partial charge in [-0.25, -0.2) is 0 Å². The topological polar surface area (TPSA) is 55.1 Å². The molecule has 6 heteroatoms. The first kappa shape index (κ1) is 8.32. The number of nitrogens with one attached hydrogen (secondary N) is 1. The molecule has 0 saturated carbocycles. The first-order valence-electron chi connectivity index (χ1n) is 3.04. The second kappa shape index (κ2) is 2.37. The summed E-state index contributed by atoms with van der Waals surface area (Å²) in [6, 6.07) is -1.74. The molecule has 0 spiro atoms. The Morgan fingerprint density at radius 1 is 1.55 bits per heavy atom. The van der Waals surface area contributed by atoms with E-state index in [1.807, 2.05) is 0 Å². The van der Waals surface area contributed by atoms with E-state index in [0.717, 1.165) is 0 Å². The first-order chi connectivity index (χ1) is 4.96. The van der Waals surface area contributed by atoms with Gasteiger partial charge in [0.1, 0.15) is 6.04 Å². The van der Waals surface area contributed by atoms with Crippen LogP contribution in [-0.4, -0.2) is 24.7 Å². The summed E-state index contributed by atoms with van der Waals surface area (Å²) in [6.07, 6.45) is -4.36. The van der Waals surface area contributed by atoms with Crippen molar-refractivity contribution in [2.75, 3.05) is 6.54 Å². The molecule has 3 nitrogen and oxygen atoms in total. The molecular weight excluding hydrogens is 161 g/mol. The van der Waals surface area contributed by atoms with Crippen molar-refractivity contribution in [2.24, 2.45) is 11.7 Å². The van der Waals surface area contributed by atoms with E-state index in [-0.39, 0.29) is 6.54 Å². The number of hydrogen-bond donors (Lipinski definition) is 2. The van der Waals surface area contributed by atoms with Crippen LogP contribution in [0.3, 0.4) is 0 Å². The minimum Gasteiger partial charge on any atom is -0.343 e. The molecule has 0 aromatic heterocycles. The van der Waals surface area contributed by atoms with Gasteiger partial charge < -0.3 is 11.1 Å². The van der Waals surface area contributed by atoms with E-state index in [1.54, 1.807) is 5.32 Å². The number of carbonyl (C=O) groups excluding carboxylic acids is 1. The number of β-lactam (4-membered cyclic amide) rings is 1. The summed E-state index contributed by atoms with van der Waals surface area (Å²) < 4.78 is 35.5. The maximum atomic E-state index is 11.8. The molecule has 1 fully saturated rings. The summed E-state index contributed by atoms with van der Waals surface area (Å²) in [7, 11) is 0. The van der Waals surface area contributed by atoms with Crippen LogP contribution in [0.15, 0.2) is 0 Å². The second-order valence-electron chi connectivity index (χ2n) is 2.37. The summed E-state index contributed by atoms with van der Waals surface area (Å²) in [5.74, 6) is -1.70. The summed E-state index contributed by atoms with van der Waals surface area (Å²) in [5.41, 5.74) is 4.95. The van der Waals surface area contributed by atoms with Crippen LogP contribution >= 0.6 is 0 Å². The largest absolute Gasteiger partial charge is 0.409 e. The molecule has 0 aromatic rings. The SMILES string of the molecule is NCC1C(=O)NC1C(F)(F)F. The third kappa shape index (κ3) is 1.30. The maximum Gasteiger partial charge on any atom is 0.409 e. The Labute approximate surface area is 60.7 Å². The third-order valence-corrected chi connectivity index (χ3v) is 1.64. The van der Waals surface area contributed by atoms with Crippen molar-refractivity contribution in [3.63, 3.8) is 0 Å². The number of rotatable bonds is 1. The quantitative estimate of drug-likeness (QED) is 0.524. The van der Waals surface area contributed by atoms with E-state index in [0.29, 0.717) is 0 Å². The molecule has 2 unspecified atom stereocenters. The molecule has 2 atom stereocenters. The third-order valence-electron chi connectivity index (χ3n) is 1.64. The van der Waals surface area contributed by atoms with Gasteiger partial charge in [-0.3, -0.25) is 4.79 Å². The molecule has 1 aliphatic rings. The van der Waals surface area contributed by atoms with Crippen LogP contribution in [0.2, 0.25) is 0 Å². The Bertz CT molecular complexity index is 179. The highest BCUT2D eigenvalue weighted by Gasteiger charge is 2.54. The lowest BCUT2D eigenvalue weighted by atomic mass is 9.90. The van der Waals surface area contributed by atoms with Crippen molar-refractivity contribution in [2.45, 2.75) is 12.2 Å². The number of carbonyl (C=O) groups is 1. The van der Waals surface area contributed by atoms with Crippen molar-refractivity contribution in [3.8, 4) is 0 Å². The molecule has 64 valence electrons. The van der Waals surface area contributed by atoms with Gasteiger partial charge in [0.05, 0.1) is 5.92 Å². The number of amides is 1. The zero-order valence-electron chi connectivity index (χ0n) is 5.48. The normalized spacial score (nSPS) is 31.1. The molecular formula is C5H7F3N2O. The lowest BCUT2D eigenvalue weighted by Gasteiger charge is -2.36. The zero-order chi connectivity index (χ0) is 8.65. The van der Waals surface area contributed by atoms with Gasteiger partial charge in [-0.15, -0.1) is 0 Å². The minimum absolute atomic E-state index is 0.254. The average molecular weight is 168 g/mol. The van der Waals surface area contributed by atoms with E-state index in [4.69, 9.17) is 5.73 Å². The molecule has 0 aliphatic carbocycles. The Balaban J connectivity index is 2.58. The highest BCUT2D eigenvalue weighted by Crippen LogP contribution is 2.30. The monoisotopic (exact) mass is 168 g/mol. The molecule has 1 heterocycles. The van der Waals surface area contributed by atoms with Crippen LogP contribution in [-0.2, 0) is 4.79 Å². The van der Waals surface area contributed by atoms with Crippen LogP contribution in [0.25, 0.3) is 0 Å². The van der Waals surface area contributed by atoms with Gasteiger partial charge in [0, 0.05) is 6.54 Å². The Kier molecular flexibility index (Phi) is 1.79. The lowest BCUT2D eigenvalue weighted by Crippen LogP contribution is -2.66. The van der Waals surface area contributed by atoms with Crippen molar-refractivity contribution in [3.05, 3.63) is 0 Å². The van der Waals surface area contributed by atoms with Gasteiger partial charge in [-0.1, -0.05) is 0 Å². The van der Waals surface area contributed by atoms with E-state index in [9.17, 15) is 18.0 Å². The molecule has 0 radical (unpaired) electrons. The van der Waals surface area contributed by atoms with E-state index >= 15 is 0 Å². The Morgan fingerprint density at radius 3 is 2.27 bits per heavy atom. The first-order valence-corrected chi connectivity index (χ1v) is 3.04. The fraction of sp³-hybridized carbons (Fsp3) is 0.800. The fourth-order valence-corrected chi connectivity index (χ4v) is 0.969. The lowest BCUT2D eigenvalue weighted by molar-refractivity contribution is -0.192. The molecule has 0 aromatic carbocycles. The smallest absolute Gasteiger partial charge is 0.343 e. The second-order valence-corrected chi connectivity index (χ2v) is 2.37. The number of halogens is 3. The Hall–Kier alpha value is -0.780. The minimum atomic E-state index is -4.36. The number of nitrogens with two attached hydrogens (primary N) is 1. The average Bonchev–Trinajstić information content (AvgIpc) is 1.81. The summed E-state index contributed by atoms with van der Waals surface area (Å²) in [4.78, 5) is 10.4. The predicted octanol–water partition coefficient (Wildman–Crippen LogP) is -0.378. The number of hydrogen-bond acceptors (Lipinski definition) is 2. The van der Waals surface area contributed by atoms with Crippen molar-refractivity contribution in [1.82, 2.24) is 5.32 Å². The summed E-state index contributed by atoms with van der Waals surface area (Å²) in [5, 5.41) is 1.74. The standard InChI is InChI=1S/C5H7F3N2O/c6-5(7,8)3-2(1-9)4(11)10-3/h2-3H,1,9H2,(H,10,11). The van der Waals surface area contributed by atoms with Gasteiger partial charge >= 0.3 is 6.18 Å². The number of alkyl halides is 3. The van der Waals surface area contributed by atoms with Gasteiger partial charge in [-0.2, -0.15) is 13.2 Å². The molecule has 1 saturated heterocycles. The van der Waals surface area contributed by atoms with Crippen LogP contribution in [0.4, 0.5) is 13.2 Å². The molecule has 11 heavy (non-hydrogen) atoms. The zero-order valence-corrected chi connectivity index (χ0v) is 5.48. The van der Waals surface area contributed by atoms with Gasteiger partial charge in [-0.05, 0) is 0 Å². The maximum absolute atomic E-state index is 11.8. The van der Waals surface area contributed by atoms with Gasteiger partial charge in [0.2, 0.25) is 5.91 Å². The highest BCUT2D eigenvalue weighted by molar-refractivity contribution is 5.86. The van der Waals surface area contributed by atoms with Crippen molar-refractivity contribution in [1.29, 1.82) is 0 Å². The van der Waals surface area contributed by atoms with Gasteiger partial charge in [0.15, 0.2) is 0 Å². The van der Waals surface area contributed by atoms with E-state index < -0.39 is 24.0 Å². The summed E-state index contributed by atoms with van der Waals surface area (Å²) in [6.45, 7) is -0.254. The molecule has 3 N–H and O–H groups in total. The molecule has 1 amide bonds. The van der Waals surface area contributed by atoms with Crippen molar-refractivity contribution < 1.29 is 18.0 Å². The Morgan fingerprint density at radius 2 is 2.09 bits per heavy atom. The van der Waals surface area contributed by atoms with Crippen molar-refractivity contribution >= 4 is 5.91 Å². The highest BCUT2D eigenvalue weighted by atomic mass is 19.4. The molecule has 0 bridgehead atoms. The van der Waals surface area contributed by atoms with Crippen LogP contribution < -0.4 is 11.1 Å². The van der Waals surface area contributed by atoms with E-state index in [2.05, 4.69) is 0 Å². The fourth-order valence-electron chi connectivity index (χ4n) is 0.969. The molecule has 1 aliphatic heterocycles. The van der Waals surface area contributed by atoms with Crippen LogP contribution in [0.1, 0.15) is 0 Å². The van der Waals surface area contributed by atoms with Crippen LogP contribution in [0, 0.1) is 5.92 Å². The molecule has 1 rings (SSSR count). The van der Waals surface area contributed by atoms with Crippen LogP contribution in [0.5, 0.6) is 0 Å². The predicted molar refractivity (Wildman–Crippen MR) is 30.5 cm³/mol. The summed E-state index contributed by atoms with van der Waals surface area (Å²) >= 11 is 0. The van der Waals surface area contributed by atoms with E-state index in [1.165, 1.54) is 0 Å².